The predicted octanol–water partition coefficient (Wildman–Crippen LogP) is 5.97. The van der Waals surface area contributed by atoms with E-state index in [-0.39, 0.29) is 11.7 Å². The molecule has 0 radical (unpaired) electrons. The number of aryl methyl sites for hydroxylation is 1. The first-order valence-electron chi connectivity index (χ1n) is 7.11. The molecule has 1 saturated carbocycles. The van der Waals surface area contributed by atoms with Crippen LogP contribution >= 0.6 is 46.4 Å². The van der Waals surface area contributed by atoms with E-state index in [1.807, 2.05) is 0 Å². The highest BCUT2D eigenvalue weighted by Gasteiger charge is 2.67. The Morgan fingerprint density at radius 1 is 1.12 bits per heavy atom. The van der Waals surface area contributed by atoms with Gasteiger partial charge in [0, 0.05) is 21.7 Å². The molecule has 7 heteroatoms. The lowest BCUT2D eigenvalue weighted by Gasteiger charge is -2.06. The van der Waals surface area contributed by atoms with Gasteiger partial charge in [-0.2, -0.15) is 0 Å². The minimum absolute atomic E-state index is 0.338. The maximum Gasteiger partial charge on any atom is 0.231 e. The molecule has 1 aliphatic carbocycles. The van der Waals surface area contributed by atoms with Crippen LogP contribution in [-0.2, 0) is 4.79 Å². The van der Waals surface area contributed by atoms with Crippen LogP contribution in [0, 0.1) is 18.7 Å². The van der Waals surface area contributed by atoms with E-state index < -0.39 is 16.2 Å². The summed E-state index contributed by atoms with van der Waals surface area (Å²) in [6, 6.07) is 9.29. The highest BCUT2D eigenvalue weighted by molar-refractivity contribution is 6.53. The highest BCUT2D eigenvalue weighted by Crippen LogP contribution is 2.65. The number of rotatable bonds is 3. The summed E-state index contributed by atoms with van der Waals surface area (Å²) in [6.07, 6.45) is 0. The average Bonchev–Trinajstić information content (AvgIpc) is 3.05. The summed E-state index contributed by atoms with van der Waals surface area (Å²) in [5, 5.41) is 3.61. The van der Waals surface area contributed by atoms with Crippen LogP contribution in [-0.4, -0.2) is 10.2 Å². The van der Waals surface area contributed by atoms with Crippen molar-refractivity contribution in [2.75, 3.05) is 5.32 Å². The van der Waals surface area contributed by atoms with Crippen molar-refractivity contribution in [3.8, 4) is 0 Å². The Morgan fingerprint density at radius 3 is 2.33 bits per heavy atom. The molecule has 2 atom stereocenters. The van der Waals surface area contributed by atoms with Gasteiger partial charge in [0.05, 0.1) is 5.92 Å². The van der Waals surface area contributed by atoms with Crippen molar-refractivity contribution in [2.45, 2.75) is 17.2 Å². The van der Waals surface area contributed by atoms with Gasteiger partial charge in [-0.3, -0.25) is 4.79 Å². The summed E-state index contributed by atoms with van der Waals surface area (Å²) in [4.78, 5) is 12.5. The largest absolute Gasteiger partial charge is 0.326 e. The third kappa shape index (κ3) is 3.36. The van der Waals surface area contributed by atoms with Crippen molar-refractivity contribution in [2.24, 2.45) is 5.92 Å². The van der Waals surface area contributed by atoms with Gasteiger partial charge in [0.25, 0.3) is 0 Å². The second kappa shape index (κ2) is 6.38. The third-order valence-corrected chi connectivity index (χ3v) is 5.38. The summed E-state index contributed by atoms with van der Waals surface area (Å²) >= 11 is 24.6. The molecular formula is C17H12Cl4FNO. The molecule has 1 aliphatic rings. The fourth-order valence-electron chi connectivity index (χ4n) is 2.76. The number of benzene rings is 2. The van der Waals surface area contributed by atoms with E-state index >= 15 is 0 Å². The Hall–Kier alpha value is -1.000. The number of alkyl halides is 2. The Kier molecular flexibility index (Phi) is 4.73. The summed E-state index contributed by atoms with van der Waals surface area (Å²) in [7, 11) is 0. The first-order chi connectivity index (χ1) is 11.2. The molecule has 24 heavy (non-hydrogen) atoms. The molecule has 0 bridgehead atoms. The van der Waals surface area contributed by atoms with Crippen molar-refractivity contribution in [3.05, 3.63) is 63.4 Å². The minimum atomic E-state index is -1.24. The van der Waals surface area contributed by atoms with Crippen molar-refractivity contribution >= 4 is 58.0 Å². The monoisotopic (exact) mass is 405 g/mol. The molecule has 0 aliphatic heterocycles. The van der Waals surface area contributed by atoms with Gasteiger partial charge in [-0.1, -0.05) is 23.2 Å². The number of amides is 1. The van der Waals surface area contributed by atoms with Crippen molar-refractivity contribution in [3.63, 3.8) is 0 Å². The van der Waals surface area contributed by atoms with Gasteiger partial charge in [-0.15, -0.1) is 23.2 Å². The van der Waals surface area contributed by atoms with E-state index in [1.54, 1.807) is 31.2 Å². The van der Waals surface area contributed by atoms with Gasteiger partial charge < -0.3 is 5.32 Å². The Morgan fingerprint density at radius 2 is 1.75 bits per heavy atom. The van der Waals surface area contributed by atoms with Gasteiger partial charge in [0.1, 0.15) is 10.2 Å². The Labute approximate surface area is 158 Å². The number of halogens is 5. The van der Waals surface area contributed by atoms with Crippen LogP contribution in [0.25, 0.3) is 0 Å². The van der Waals surface area contributed by atoms with Gasteiger partial charge in [-0.05, 0) is 54.4 Å². The first kappa shape index (κ1) is 17.8. The molecule has 0 heterocycles. The second-order valence-corrected chi connectivity index (χ2v) is 8.10. The lowest BCUT2D eigenvalue weighted by atomic mass is 10.1. The molecule has 126 valence electrons. The fraction of sp³-hybridized carbons (Fsp3) is 0.235. The minimum Gasteiger partial charge on any atom is -0.326 e. The fourth-order valence-corrected chi connectivity index (χ4v) is 4.14. The zero-order valence-corrected chi connectivity index (χ0v) is 15.4. The van der Waals surface area contributed by atoms with Crippen LogP contribution in [0.15, 0.2) is 36.4 Å². The average molecular weight is 407 g/mol. The predicted molar refractivity (Wildman–Crippen MR) is 96.9 cm³/mol. The zero-order chi connectivity index (χ0) is 17.6. The topological polar surface area (TPSA) is 29.1 Å². The van der Waals surface area contributed by atoms with Crippen molar-refractivity contribution in [1.82, 2.24) is 0 Å². The molecule has 2 aromatic rings. The number of anilines is 1. The number of carbonyl (C=O) groups excluding carboxylic acids is 1. The summed E-state index contributed by atoms with van der Waals surface area (Å²) in [6.45, 7) is 1.62. The smallest absolute Gasteiger partial charge is 0.231 e. The Bertz CT molecular complexity index is 804. The van der Waals surface area contributed by atoms with E-state index in [4.69, 9.17) is 46.4 Å². The zero-order valence-electron chi connectivity index (χ0n) is 12.4. The SMILES string of the molecule is Cc1cc(NC(=O)C2C(c3cc(Cl)cc(Cl)c3)C2(Cl)Cl)ccc1F. The maximum absolute atomic E-state index is 13.3. The van der Waals surface area contributed by atoms with Crippen molar-refractivity contribution in [1.29, 1.82) is 0 Å². The molecule has 1 amide bonds. The van der Waals surface area contributed by atoms with Crippen LogP contribution in [0.5, 0.6) is 0 Å². The summed E-state index contributed by atoms with van der Waals surface area (Å²) in [5.74, 6) is -1.75. The van der Waals surface area contributed by atoms with Crippen LogP contribution < -0.4 is 5.32 Å². The molecule has 3 rings (SSSR count). The van der Waals surface area contributed by atoms with Gasteiger partial charge >= 0.3 is 0 Å². The number of nitrogens with one attached hydrogen (secondary N) is 1. The number of carbonyl (C=O) groups is 1. The van der Waals surface area contributed by atoms with Gasteiger partial charge in [-0.25, -0.2) is 4.39 Å². The van der Waals surface area contributed by atoms with E-state index in [1.165, 1.54) is 12.1 Å². The molecule has 2 nitrogen and oxygen atoms in total. The van der Waals surface area contributed by atoms with Crippen LogP contribution in [0.1, 0.15) is 17.0 Å². The molecule has 0 saturated heterocycles. The summed E-state index contributed by atoms with van der Waals surface area (Å²) in [5.41, 5.74) is 1.62. The van der Waals surface area contributed by atoms with E-state index in [9.17, 15) is 9.18 Å². The molecule has 2 aromatic carbocycles. The van der Waals surface area contributed by atoms with Gasteiger partial charge in [0.15, 0.2) is 0 Å². The second-order valence-electron chi connectivity index (χ2n) is 5.79. The van der Waals surface area contributed by atoms with E-state index in [0.717, 1.165) is 0 Å². The molecule has 2 unspecified atom stereocenters. The number of hydrogen-bond donors (Lipinski definition) is 1. The molecule has 1 N–H and O–H groups in total. The quantitative estimate of drug-likeness (QED) is 0.625. The molecular weight excluding hydrogens is 395 g/mol. The molecule has 0 aromatic heterocycles. The van der Waals surface area contributed by atoms with E-state index in [0.29, 0.717) is 26.9 Å². The van der Waals surface area contributed by atoms with Crippen molar-refractivity contribution < 1.29 is 9.18 Å². The molecule has 0 spiro atoms. The lowest BCUT2D eigenvalue weighted by molar-refractivity contribution is -0.117. The van der Waals surface area contributed by atoms with Crippen LogP contribution in [0.4, 0.5) is 10.1 Å². The summed E-state index contributed by atoms with van der Waals surface area (Å²) < 4.78 is 12.1. The lowest BCUT2D eigenvalue weighted by Crippen LogP contribution is -2.17. The third-order valence-electron chi connectivity index (χ3n) is 4.01. The standard InChI is InChI=1S/C17H12Cl4FNO/c1-8-4-12(2-3-13(8)22)23-16(24)15-14(17(15,20)21)9-5-10(18)7-11(19)6-9/h2-7,14-15H,1H3,(H,23,24). The molecule has 1 fully saturated rings. The maximum atomic E-state index is 13.3. The number of hydrogen-bond acceptors (Lipinski definition) is 1. The highest BCUT2D eigenvalue weighted by atomic mass is 35.5. The van der Waals surface area contributed by atoms with Crippen LogP contribution in [0.2, 0.25) is 10.0 Å². The Balaban J connectivity index is 1.81. The normalized spacial score (nSPS) is 21.4. The first-order valence-corrected chi connectivity index (χ1v) is 8.62. The van der Waals surface area contributed by atoms with Gasteiger partial charge in [0.2, 0.25) is 5.91 Å². The van der Waals surface area contributed by atoms with Crippen LogP contribution in [0.3, 0.4) is 0 Å². The van der Waals surface area contributed by atoms with E-state index in [2.05, 4.69) is 5.32 Å².